The molecule has 0 saturated carbocycles. The van der Waals surface area contributed by atoms with Crippen LogP contribution in [0.3, 0.4) is 0 Å². The third-order valence-electron chi connectivity index (χ3n) is 5.93. The lowest BCUT2D eigenvalue weighted by Crippen LogP contribution is -2.41. The Hall–Kier alpha value is -3.36. The molecule has 1 heterocycles. The largest absolute Gasteiger partial charge is 0.496 e. The van der Waals surface area contributed by atoms with Crippen molar-refractivity contribution in [3.63, 3.8) is 0 Å². The summed E-state index contributed by atoms with van der Waals surface area (Å²) in [7, 11) is -2.06. The van der Waals surface area contributed by atoms with Crippen LogP contribution in [-0.4, -0.2) is 38.8 Å². The summed E-state index contributed by atoms with van der Waals surface area (Å²) in [5, 5.41) is 2.93. The zero-order valence-corrected chi connectivity index (χ0v) is 20.0. The molecule has 0 spiro atoms. The molecule has 8 heteroatoms. The number of sulfonamides is 1. The maximum atomic E-state index is 13.0. The maximum absolute atomic E-state index is 13.0. The number of carbonyl (C=O) groups excluding carboxylic acids is 1. The number of para-hydroxylation sites is 1. The van der Waals surface area contributed by atoms with E-state index in [1.807, 2.05) is 37.3 Å². The van der Waals surface area contributed by atoms with Gasteiger partial charge in [-0.3, -0.25) is 4.79 Å². The van der Waals surface area contributed by atoms with E-state index in [2.05, 4.69) is 5.32 Å². The lowest BCUT2D eigenvalue weighted by molar-refractivity contribution is -0.120. The van der Waals surface area contributed by atoms with Gasteiger partial charge in [-0.15, -0.1) is 0 Å². The second kappa shape index (κ2) is 10.3. The standard InChI is InChI=1S/C26H28N2O5S/c1-19-18-24(12-13-25(19)32-2)34(30,31)28-16-14-20(15-17-28)26(29)27-21-8-10-23(11-9-21)33-22-6-4-3-5-7-22/h3-13,18,20H,14-17H2,1-2H3,(H,27,29). The average molecular weight is 481 g/mol. The second-order valence-corrected chi connectivity index (χ2v) is 10.2. The van der Waals surface area contributed by atoms with Crippen molar-refractivity contribution >= 4 is 21.6 Å². The van der Waals surface area contributed by atoms with Crippen LogP contribution in [0.1, 0.15) is 18.4 Å². The molecule has 1 amide bonds. The van der Waals surface area contributed by atoms with Crippen LogP contribution in [0.4, 0.5) is 5.69 Å². The minimum absolute atomic E-state index is 0.103. The van der Waals surface area contributed by atoms with Gasteiger partial charge in [-0.2, -0.15) is 4.31 Å². The first-order valence-corrected chi connectivity index (χ1v) is 12.6. The van der Waals surface area contributed by atoms with Crippen LogP contribution in [0.2, 0.25) is 0 Å². The van der Waals surface area contributed by atoms with Gasteiger partial charge in [0.1, 0.15) is 17.2 Å². The highest BCUT2D eigenvalue weighted by molar-refractivity contribution is 7.89. The number of benzene rings is 3. The fourth-order valence-corrected chi connectivity index (χ4v) is 5.55. The maximum Gasteiger partial charge on any atom is 0.243 e. The van der Waals surface area contributed by atoms with Crippen LogP contribution in [0.15, 0.2) is 77.7 Å². The van der Waals surface area contributed by atoms with Gasteiger partial charge < -0.3 is 14.8 Å². The number of methoxy groups -OCH3 is 1. The van der Waals surface area contributed by atoms with Crippen molar-refractivity contribution in [3.8, 4) is 17.2 Å². The molecule has 7 nitrogen and oxygen atoms in total. The predicted octanol–water partition coefficient (Wildman–Crippen LogP) is 4.84. The molecule has 1 fully saturated rings. The summed E-state index contributed by atoms with van der Waals surface area (Å²) in [5.74, 6) is 1.72. The van der Waals surface area contributed by atoms with Gasteiger partial charge in [0.25, 0.3) is 0 Å². The van der Waals surface area contributed by atoms with Gasteiger partial charge in [-0.05, 0) is 79.9 Å². The van der Waals surface area contributed by atoms with Gasteiger partial charge >= 0.3 is 0 Å². The summed E-state index contributed by atoms with van der Waals surface area (Å²) >= 11 is 0. The van der Waals surface area contributed by atoms with Crippen molar-refractivity contribution in [2.24, 2.45) is 5.92 Å². The van der Waals surface area contributed by atoms with Crippen molar-refractivity contribution in [2.45, 2.75) is 24.7 Å². The molecule has 1 aliphatic rings. The minimum atomic E-state index is -3.62. The van der Waals surface area contributed by atoms with Gasteiger partial charge in [0.15, 0.2) is 0 Å². The van der Waals surface area contributed by atoms with E-state index < -0.39 is 10.0 Å². The fraction of sp³-hybridized carbons (Fsp3) is 0.269. The molecular weight excluding hydrogens is 452 g/mol. The third kappa shape index (κ3) is 5.40. The van der Waals surface area contributed by atoms with Crippen LogP contribution in [0.5, 0.6) is 17.2 Å². The summed E-state index contributed by atoms with van der Waals surface area (Å²) in [4.78, 5) is 13.0. The van der Waals surface area contributed by atoms with Crippen molar-refractivity contribution in [1.82, 2.24) is 4.31 Å². The van der Waals surface area contributed by atoms with Crippen LogP contribution in [0, 0.1) is 12.8 Å². The van der Waals surface area contributed by atoms with E-state index in [9.17, 15) is 13.2 Å². The molecule has 3 aromatic rings. The summed E-state index contributed by atoms with van der Waals surface area (Å²) in [6.07, 6.45) is 0.935. The van der Waals surface area contributed by atoms with Gasteiger partial charge in [-0.25, -0.2) is 8.42 Å². The van der Waals surface area contributed by atoms with Crippen molar-refractivity contribution in [3.05, 3.63) is 78.4 Å². The molecule has 0 bridgehead atoms. The molecule has 0 aliphatic carbocycles. The highest BCUT2D eigenvalue weighted by Gasteiger charge is 2.32. The number of nitrogens with zero attached hydrogens (tertiary/aromatic N) is 1. The number of rotatable bonds is 7. The van der Waals surface area contributed by atoms with Crippen molar-refractivity contribution in [2.75, 3.05) is 25.5 Å². The van der Waals surface area contributed by atoms with Gasteiger partial charge in [0, 0.05) is 24.7 Å². The number of hydrogen-bond acceptors (Lipinski definition) is 5. The zero-order valence-electron chi connectivity index (χ0n) is 19.2. The molecule has 0 atom stereocenters. The number of piperidine rings is 1. The molecule has 1 N–H and O–H groups in total. The first-order valence-electron chi connectivity index (χ1n) is 11.2. The fourth-order valence-electron chi connectivity index (χ4n) is 3.99. The molecule has 0 aromatic heterocycles. The Morgan fingerprint density at radius 1 is 0.941 bits per heavy atom. The van der Waals surface area contributed by atoms with Crippen LogP contribution in [0.25, 0.3) is 0 Å². The van der Waals surface area contributed by atoms with E-state index in [0.29, 0.717) is 43.1 Å². The highest BCUT2D eigenvalue weighted by atomic mass is 32.2. The lowest BCUT2D eigenvalue weighted by atomic mass is 9.97. The normalized spacial score (nSPS) is 15.0. The Morgan fingerprint density at radius 3 is 2.21 bits per heavy atom. The Morgan fingerprint density at radius 2 is 1.59 bits per heavy atom. The number of aryl methyl sites for hydroxylation is 1. The third-order valence-corrected chi connectivity index (χ3v) is 7.82. The monoisotopic (exact) mass is 480 g/mol. The van der Waals surface area contributed by atoms with E-state index in [1.54, 1.807) is 49.6 Å². The number of anilines is 1. The average Bonchev–Trinajstić information content (AvgIpc) is 2.86. The molecule has 4 rings (SSSR count). The molecule has 0 unspecified atom stereocenters. The van der Waals surface area contributed by atoms with E-state index >= 15 is 0 Å². The van der Waals surface area contributed by atoms with Crippen LogP contribution in [-0.2, 0) is 14.8 Å². The molecule has 178 valence electrons. The molecule has 1 saturated heterocycles. The SMILES string of the molecule is COc1ccc(S(=O)(=O)N2CCC(C(=O)Nc3ccc(Oc4ccccc4)cc3)CC2)cc1C. The highest BCUT2D eigenvalue weighted by Crippen LogP contribution is 2.28. The number of carbonyl (C=O) groups is 1. The quantitative estimate of drug-likeness (QED) is 0.523. The van der Waals surface area contributed by atoms with Crippen molar-refractivity contribution in [1.29, 1.82) is 0 Å². The van der Waals surface area contributed by atoms with E-state index in [4.69, 9.17) is 9.47 Å². The Balaban J connectivity index is 1.32. The molecule has 3 aromatic carbocycles. The lowest BCUT2D eigenvalue weighted by Gasteiger charge is -2.30. The van der Waals surface area contributed by atoms with E-state index in [-0.39, 0.29) is 16.7 Å². The van der Waals surface area contributed by atoms with Gasteiger partial charge in [-0.1, -0.05) is 18.2 Å². The smallest absolute Gasteiger partial charge is 0.243 e. The van der Waals surface area contributed by atoms with Gasteiger partial charge in [0.2, 0.25) is 15.9 Å². The Kier molecular flexibility index (Phi) is 7.19. The topological polar surface area (TPSA) is 84.9 Å². The minimum Gasteiger partial charge on any atom is -0.496 e. The first kappa shape index (κ1) is 23.8. The van der Waals surface area contributed by atoms with Gasteiger partial charge in [0.05, 0.1) is 12.0 Å². The number of nitrogens with one attached hydrogen (secondary N) is 1. The van der Waals surface area contributed by atoms with Crippen molar-refractivity contribution < 1.29 is 22.7 Å². The Labute approximate surface area is 200 Å². The summed E-state index contributed by atoms with van der Waals surface area (Å²) in [6, 6.07) is 21.5. The molecule has 0 radical (unpaired) electrons. The number of hydrogen-bond donors (Lipinski definition) is 1. The summed E-state index contributed by atoms with van der Waals surface area (Å²) in [6.45, 7) is 2.42. The zero-order chi connectivity index (χ0) is 24.1. The van der Waals surface area contributed by atoms with E-state index in [1.165, 1.54) is 4.31 Å². The molecule has 1 aliphatic heterocycles. The number of ether oxygens (including phenoxy) is 2. The van der Waals surface area contributed by atoms with Crippen LogP contribution >= 0.6 is 0 Å². The van der Waals surface area contributed by atoms with Crippen LogP contribution < -0.4 is 14.8 Å². The summed E-state index contributed by atoms with van der Waals surface area (Å²) < 4.78 is 38.5. The molecule has 34 heavy (non-hydrogen) atoms. The second-order valence-electron chi connectivity index (χ2n) is 8.24. The number of amides is 1. The Bertz CT molecular complexity index is 1240. The predicted molar refractivity (Wildman–Crippen MR) is 131 cm³/mol. The molecular formula is C26H28N2O5S. The van der Waals surface area contributed by atoms with E-state index in [0.717, 1.165) is 11.3 Å². The first-order chi connectivity index (χ1) is 16.4. The summed E-state index contributed by atoms with van der Waals surface area (Å²) in [5.41, 5.74) is 1.44.